The van der Waals surface area contributed by atoms with Crippen LogP contribution in [0.1, 0.15) is 53.6 Å². The first-order valence-electron chi connectivity index (χ1n) is 9.42. The van der Waals surface area contributed by atoms with Crippen LogP contribution in [0.15, 0.2) is 18.2 Å². The van der Waals surface area contributed by atoms with E-state index in [1.165, 1.54) is 30.4 Å². The average molecular weight is 326 g/mol. The molecule has 4 nitrogen and oxygen atoms in total. The van der Waals surface area contributed by atoms with Crippen molar-refractivity contribution < 1.29 is 9.59 Å². The van der Waals surface area contributed by atoms with Gasteiger partial charge in [-0.05, 0) is 61.8 Å². The smallest absolute Gasteiger partial charge is 0.253 e. The number of fused-ring (bicyclic) bond motifs is 1. The highest BCUT2D eigenvalue weighted by Crippen LogP contribution is 2.29. The third-order valence-corrected chi connectivity index (χ3v) is 5.93. The summed E-state index contributed by atoms with van der Waals surface area (Å²) >= 11 is 0. The Bertz CT molecular complexity index is 643. The molecule has 1 saturated carbocycles. The summed E-state index contributed by atoms with van der Waals surface area (Å²) in [6.45, 7) is 2.70. The van der Waals surface area contributed by atoms with E-state index in [-0.39, 0.29) is 11.8 Å². The van der Waals surface area contributed by atoms with Crippen LogP contribution in [0, 0.1) is 5.92 Å². The summed E-state index contributed by atoms with van der Waals surface area (Å²) in [6.07, 6.45) is 8.02. The van der Waals surface area contributed by atoms with Crippen molar-refractivity contribution in [3.8, 4) is 0 Å². The minimum absolute atomic E-state index is 0.124. The number of benzene rings is 1. The first-order valence-corrected chi connectivity index (χ1v) is 9.42. The van der Waals surface area contributed by atoms with Gasteiger partial charge in [-0.2, -0.15) is 0 Å². The molecule has 0 radical (unpaired) electrons. The van der Waals surface area contributed by atoms with Crippen LogP contribution in [-0.4, -0.2) is 47.8 Å². The van der Waals surface area contributed by atoms with Crippen LogP contribution in [-0.2, 0) is 17.6 Å². The van der Waals surface area contributed by atoms with E-state index in [1.54, 1.807) is 0 Å². The van der Waals surface area contributed by atoms with Crippen molar-refractivity contribution in [2.75, 3.05) is 26.2 Å². The van der Waals surface area contributed by atoms with Crippen molar-refractivity contribution in [3.63, 3.8) is 0 Å². The van der Waals surface area contributed by atoms with E-state index < -0.39 is 0 Å². The maximum atomic E-state index is 12.8. The maximum absolute atomic E-state index is 12.8. The minimum Gasteiger partial charge on any atom is -0.339 e. The molecule has 0 atom stereocenters. The Hall–Kier alpha value is -1.84. The predicted octanol–water partition coefficient (Wildman–Crippen LogP) is 2.65. The lowest BCUT2D eigenvalue weighted by Gasteiger charge is -2.38. The third kappa shape index (κ3) is 2.94. The Morgan fingerprint density at radius 3 is 2.17 bits per heavy atom. The van der Waals surface area contributed by atoms with Gasteiger partial charge in [0.2, 0.25) is 5.91 Å². The first-order chi connectivity index (χ1) is 11.7. The zero-order valence-corrected chi connectivity index (χ0v) is 14.3. The lowest BCUT2D eigenvalue weighted by Crippen LogP contribution is -2.52. The summed E-state index contributed by atoms with van der Waals surface area (Å²) in [6, 6.07) is 6.22. The van der Waals surface area contributed by atoms with E-state index in [2.05, 4.69) is 12.1 Å². The monoisotopic (exact) mass is 326 g/mol. The second-order valence-electron chi connectivity index (χ2n) is 7.44. The SMILES string of the molecule is O=C(c1ccc2c(c1)CCCC2)N1CCN(C(=O)C2CCC2)CC1. The molecule has 1 aromatic carbocycles. The van der Waals surface area contributed by atoms with Crippen molar-refractivity contribution in [3.05, 3.63) is 34.9 Å². The van der Waals surface area contributed by atoms with Gasteiger partial charge in [0.15, 0.2) is 0 Å². The highest BCUT2D eigenvalue weighted by Gasteiger charge is 2.32. The molecule has 1 heterocycles. The van der Waals surface area contributed by atoms with Crippen LogP contribution >= 0.6 is 0 Å². The first kappa shape index (κ1) is 15.7. The molecule has 0 spiro atoms. The van der Waals surface area contributed by atoms with Crippen LogP contribution in [0.25, 0.3) is 0 Å². The molecular formula is C20H26N2O2. The molecule has 2 fully saturated rings. The summed E-state index contributed by atoms with van der Waals surface area (Å²) in [5.74, 6) is 0.689. The largest absolute Gasteiger partial charge is 0.339 e. The molecule has 3 aliphatic rings. The molecule has 1 aromatic rings. The van der Waals surface area contributed by atoms with Crippen molar-refractivity contribution in [1.29, 1.82) is 0 Å². The molecule has 4 rings (SSSR count). The highest BCUT2D eigenvalue weighted by molar-refractivity contribution is 5.94. The van der Waals surface area contributed by atoms with Gasteiger partial charge in [0.05, 0.1) is 0 Å². The van der Waals surface area contributed by atoms with E-state index in [4.69, 9.17) is 0 Å². The fourth-order valence-electron chi connectivity index (χ4n) is 4.09. The number of rotatable bonds is 2. The van der Waals surface area contributed by atoms with Crippen LogP contribution in [0.4, 0.5) is 0 Å². The topological polar surface area (TPSA) is 40.6 Å². The quantitative estimate of drug-likeness (QED) is 0.838. The lowest BCUT2D eigenvalue weighted by atomic mass is 9.84. The Kier molecular flexibility index (Phi) is 4.30. The van der Waals surface area contributed by atoms with Gasteiger partial charge in [-0.3, -0.25) is 9.59 Å². The minimum atomic E-state index is 0.124. The Labute approximate surface area is 143 Å². The molecule has 128 valence electrons. The molecule has 1 aliphatic heterocycles. The molecule has 0 N–H and O–H groups in total. The molecule has 1 saturated heterocycles. The molecule has 0 bridgehead atoms. The number of hydrogen-bond acceptors (Lipinski definition) is 2. The zero-order chi connectivity index (χ0) is 16.5. The average Bonchev–Trinajstić information content (AvgIpc) is 2.59. The van der Waals surface area contributed by atoms with E-state index in [0.717, 1.165) is 31.2 Å². The summed E-state index contributed by atoms with van der Waals surface area (Å²) in [7, 11) is 0. The number of carbonyl (C=O) groups is 2. The summed E-state index contributed by atoms with van der Waals surface area (Å²) < 4.78 is 0. The van der Waals surface area contributed by atoms with Crippen LogP contribution in [0.5, 0.6) is 0 Å². The predicted molar refractivity (Wildman–Crippen MR) is 92.9 cm³/mol. The van der Waals surface area contributed by atoms with Gasteiger partial charge >= 0.3 is 0 Å². The number of piperazine rings is 1. The van der Waals surface area contributed by atoms with Gasteiger partial charge in [0.25, 0.3) is 5.91 Å². The van der Waals surface area contributed by atoms with Crippen molar-refractivity contribution >= 4 is 11.8 Å². The van der Waals surface area contributed by atoms with E-state index in [1.807, 2.05) is 15.9 Å². The van der Waals surface area contributed by atoms with Gasteiger partial charge in [0, 0.05) is 37.7 Å². The van der Waals surface area contributed by atoms with Crippen molar-refractivity contribution in [2.24, 2.45) is 5.92 Å². The maximum Gasteiger partial charge on any atom is 0.253 e. The second-order valence-corrected chi connectivity index (χ2v) is 7.44. The Morgan fingerprint density at radius 2 is 1.50 bits per heavy atom. The van der Waals surface area contributed by atoms with E-state index in [0.29, 0.717) is 32.1 Å². The molecule has 2 aliphatic carbocycles. The third-order valence-electron chi connectivity index (χ3n) is 5.93. The zero-order valence-electron chi connectivity index (χ0n) is 14.3. The highest BCUT2D eigenvalue weighted by atomic mass is 16.2. The number of carbonyl (C=O) groups excluding carboxylic acids is 2. The standard InChI is InChI=1S/C20H26N2O2/c23-19(16-6-3-7-16)21-10-12-22(13-11-21)20(24)18-9-8-15-4-1-2-5-17(15)14-18/h8-9,14,16H,1-7,10-13H2. The second kappa shape index (κ2) is 6.58. The van der Waals surface area contributed by atoms with Gasteiger partial charge < -0.3 is 9.80 Å². The number of hydrogen-bond donors (Lipinski definition) is 0. The Balaban J connectivity index is 1.38. The lowest BCUT2D eigenvalue weighted by molar-refractivity contribution is -0.139. The van der Waals surface area contributed by atoms with Crippen LogP contribution in [0.3, 0.4) is 0 Å². The summed E-state index contributed by atoms with van der Waals surface area (Å²) in [5, 5.41) is 0. The normalized spacial score (nSPS) is 21.2. The molecule has 2 amide bonds. The molecule has 0 unspecified atom stereocenters. The van der Waals surface area contributed by atoms with Crippen LogP contribution in [0.2, 0.25) is 0 Å². The van der Waals surface area contributed by atoms with E-state index in [9.17, 15) is 9.59 Å². The van der Waals surface area contributed by atoms with Gasteiger partial charge in [-0.15, -0.1) is 0 Å². The summed E-state index contributed by atoms with van der Waals surface area (Å²) in [5.41, 5.74) is 3.58. The van der Waals surface area contributed by atoms with Crippen LogP contribution < -0.4 is 0 Å². The summed E-state index contributed by atoms with van der Waals surface area (Å²) in [4.78, 5) is 29.0. The van der Waals surface area contributed by atoms with Gasteiger partial charge in [-0.25, -0.2) is 0 Å². The fraction of sp³-hybridized carbons (Fsp3) is 0.600. The van der Waals surface area contributed by atoms with Gasteiger partial charge in [0.1, 0.15) is 0 Å². The number of nitrogens with zero attached hydrogens (tertiary/aromatic N) is 2. The molecule has 4 heteroatoms. The van der Waals surface area contributed by atoms with Crippen molar-refractivity contribution in [1.82, 2.24) is 9.80 Å². The molecule has 0 aromatic heterocycles. The van der Waals surface area contributed by atoms with Crippen molar-refractivity contribution in [2.45, 2.75) is 44.9 Å². The molecule has 24 heavy (non-hydrogen) atoms. The number of amides is 2. The Morgan fingerprint density at radius 1 is 0.833 bits per heavy atom. The molecular weight excluding hydrogens is 300 g/mol. The number of aryl methyl sites for hydroxylation is 2. The fourth-order valence-corrected chi connectivity index (χ4v) is 4.09. The van der Waals surface area contributed by atoms with Gasteiger partial charge in [-0.1, -0.05) is 12.5 Å². The van der Waals surface area contributed by atoms with E-state index >= 15 is 0 Å².